The van der Waals surface area contributed by atoms with Gasteiger partial charge >= 0.3 is 0 Å². The van der Waals surface area contributed by atoms with Gasteiger partial charge in [-0.3, -0.25) is 0 Å². The lowest BCUT2D eigenvalue weighted by molar-refractivity contribution is 0.0744. The molecule has 4 nitrogen and oxygen atoms in total. The molecule has 4 heteroatoms. The fourth-order valence-electron chi connectivity index (χ4n) is 2.31. The normalized spacial score (nSPS) is 25.9. The molecule has 2 fully saturated rings. The number of hydrogen-bond donors (Lipinski definition) is 2. The van der Waals surface area contributed by atoms with Crippen LogP contribution < -0.4 is 5.32 Å². The first-order valence-corrected chi connectivity index (χ1v) is 6.28. The molecule has 16 heavy (non-hydrogen) atoms. The molecular formula is C12H19N3O. The average molecular weight is 221 g/mol. The smallest absolute Gasteiger partial charge is 0.126 e. The summed E-state index contributed by atoms with van der Waals surface area (Å²) in [6.07, 6.45) is 3.67. The summed E-state index contributed by atoms with van der Waals surface area (Å²) in [5, 5.41) is 3.44. The number of aromatic nitrogens is 2. The van der Waals surface area contributed by atoms with E-state index < -0.39 is 0 Å². The lowest BCUT2D eigenvalue weighted by Gasteiger charge is -2.21. The summed E-state index contributed by atoms with van der Waals surface area (Å²) in [7, 11) is 0. The topological polar surface area (TPSA) is 49.9 Å². The second-order valence-electron chi connectivity index (χ2n) is 4.70. The summed E-state index contributed by atoms with van der Waals surface area (Å²) in [6, 6.07) is 0.256. The molecule has 88 valence electrons. The first kappa shape index (κ1) is 10.3. The maximum absolute atomic E-state index is 5.47. The van der Waals surface area contributed by atoms with Crippen molar-refractivity contribution in [1.82, 2.24) is 15.3 Å². The van der Waals surface area contributed by atoms with Crippen LogP contribution in [0.2, 0.25) is 0 Å². The van der Waals surface area contributed by atoms with Crippen molar-refractivity contribution < 1.29 is 4.74 Å². The minimum Gasteiger partial charge on any atom is -0.378 e. The van der Waals surface area contributed by atoms with Crippen molar-refractivity contribution in [2.24, 2.45) is 0 Å². The highest BCUT2D eigenvalue weighted by Gasteiger charge is 2.30. The van der Waals surface area contributed by atoms with Gasteiger partial charge in [0.25, 0.3) is 0 Å². The highest BCUT2D eigenvalue weighted by molar-refractivity contribution is 5.24. The Hall–Kier alpha value is -0.870. The Kier molecular flexibility index (Phi) is 2.69. The number of nitrogens with one attached hydrogen (secondary N) is 2. The first-order valence-electron chi connectivity index (χ1n) is 6.28. The maximum Gasteiger partial charge on any atom is 0.126 e. The number of imidazole rings is 1. The number of nitrogens with zero attached hydrogens (tertiary/aromatic N) is 1. The number of morpholine rings is 1. The lowest BCUT2D eigenvalue weighted by atomic mass is 10.2. The van der Waals surface area contributed by atoms with E-state index in [0.717, 1.165) is 37.9 Å². The molecule has 0 spiro atoms. The molecule has 1 aromatic heterocycles. The molecule has 1 aliphatic heterocycles. The summed E-state index contributed by atoms with van der Waals surface area (Å²) in [4.78, 5) is 8.24. The predicted molar refractivity (Wildman–Crippen MR) is 61.5 cm³/mol. The third-order valence-electron chi connectivity index (χ3n) is 3.40. The van der Waals surface area contributed by atoms with Gasteiger partial charge in [0.15, 0.2) is 0 Å². The van der Waals surface area contributed by atoms with Crippen molar-refractivity contribution in [3.05, 3.63) is 17.2 Å². The van der Waals surface area contributed by atoms with Gasteiger partial charge < -0.3 is 15.0 Å². The molecule has 0 aromatic carbocycles. The summed E-state index contributed by atoms with van der Waals surface area (Å²) < 4.78 is 5.47. The van der Waals surface area contributed by atoms with Crippen molar-refractivity contribution in [2.45, 2.75) is 38.1 Å². The van der Waals surface area contributed by atoms with E-state index in [1.165, 1.54) is 24.2 Å². The van der Waals surface area contributed by atoms with Crippen LogP contribution in [0, 0.1) is 0 Å². The minimum absolute atomic E-state index is 0.256. The van der Waals surface area contributed by atoms with Gasteiger partial charge in [0.05, 0.1) is 24.9 Å². The summed E-state index contributed by atoms with van der Waals surface area (Å²) >= 11 is 0. The van der Waals surface area contributed by atoms with Gasteiger partial charge in [0.2, 0.25) is 0 Å². The van der Waals surface area contributed by atoms with Crippen LogP contribution in [0.3, 0.4) is 0 Å². The van der Waals surface area contributed by atoms with Crippen molar-refractivity contribution in [1.29, 1.82) is 0 Å². The Balaban J connectivity index is 1.83. The third-order valence-corrected chi connectivity index (χ3v) is 3.40. The third kappa shape index (κ3) is 1.87. The highest BCUT2D eigenvalue weighted by atomic mass is 16.5. The van der Waals surface area contributed by atoms with Crippen molar-refractivity contribution >= 4 is 0 Å². The predicted octanol–water partition coefficient (Wildman–Crippen LogP) is 1.51. The van der Waals surface area contributed by atoms with Crippen LogP contribution in [0.15, 0.2) is 0 Å². The van der Waals surface area contributed by atoms with Crippen LogP contribution >= 0.6 is 0 Å². The van der Waals surface area contributed by atoms with E-state index in [9.17, 15) is 0 Å². The quantitative estimate of drug-likeness (QED) is 0.813. The second-order valence-corrected chi connectivity index (χ2v) is 4.70. The molecule has 2 heterocycles. The standard InChI is InChI=1S/C12H19N3O/c1-2-9-11(8-3-4-8)15-12(14-9)10-7-16-6-5-13-10/h8,10,13H,2-7H2,1H3,(H,14,15). The van der Waals surface area contributed by atoms with Crippen LogP contribution in [0.5, 0.6) is 0 Å². The van der Waals surface area contributed by atoms with E-state index in [2.05, 4.69) is 17.2 Å². The van der Waals surface area contributed by atoms with Gasteiger partial charge in [-0.1, -0.05) is 6.92 Å². The fraction of sp³-hybridized carbons (Fsp3) is 0.750. The van der Waals surface area contributed by atoms with Crippen molar-refractivity contribution in [2.75, 3.05) is 19.8 Å². The molecule has 1 unspecified atom stereocenters. The Labute approximate surface area is 95.8 Å². The fourth-order valence-corrected chi connectivity index (χ4v) is 2.31. The SMILES string of the molecule is CCc1[nH]c(C2COCCN2)nc1C1CC1. The van der Waals surface area contributed by atoms with E-state index >= 15 is 0 Å². The van der Waals surface area contributed by atoms with E-state index in [1.807, 2.05) is 0 Å². The van der Waals surface area contributed by atoms with E-state index in [0.29, 0.717) is 0 Å². The van der Waals surface area contributed by atoms with Crippen molar-refractivity contribution in [3.8, 4) is 0 Å². The average Bonchev–Trinajstić information content (AvgIpc) is 3.10. The number of rotatable bonds is 3. The van der Waals surface area contributed by atoms with Crippen LogP contribution in [0.4, 0.5) is 0 Å². The number of hydrogen-bond acceptors (Lipinski definition) is 3. The first-order chi connectivity index (χ1) is 7.88. The zero-order valence-corrected chi connectivity index (χ0v) is 9.75. The summed E-state index contributed by atoms with van der Waals surface area (Å²) in [5.41, 5.74) is 2.63. The van der Waals surface area contributed by atoms with Crippen LogP contribution in [0.1, 0.15) is 48.9 Å². The van der Waals surface area contributed by atoms with E-state index in [4.69, 9.17) is 9.72 Å². The van der Waals surface area contributed by atoms with E-state index in [-0.39, 0.29) is 6.04 Å². The van der Waals surface area contributed by atoms with Gasteiger partial charge in [0, 0.05) is 18.2 Å². The molecule has 1 saturated heterocycles. The minimum atomic E-state index is 0.256. The van der Waals surface area contributed by atoms with Gasteiger partial charge in [-0.05, 0) is 19.3 Å². The molecule has 0 amide bonds. The van der Waals surface area contributed by atoms with E-state index in [1.54, 1.807) is 0 Å². The molecule has 1 saturated carbocycles. The van der Waals surface area contributed by atoms with Crippen LogP contribution in [-0.4, -0.2) is 29.7 Å². The Morgan fingerprint density at radius 1 is 1.44 bits per heavy atom. The molecule has 3 rings (SSSR count). The molecule has 1 aliphatic carbocycles. The Morgan fingerprint density at radius 2 is 2.31 bits per heavy atom. The maximum atomic E-state index is 5.47. The monoisotopic (exact) mass is 221 g/mol. The molecule has 0 radical (unpaired) electrons. The zero-order valence-electron chi connectivity index (χ0n) is 9.75. The molecule has 2 N–H and O–H groups in total. The second kappa shape index (κ2) is 4.18. The van der Waals surface area contributed by atoms with Crippen molar-refractivity contribution in [3.63, 3.8) is 0 Å². The molecular weight excluding hydrogens is 202 g/mol. The molecule has 1 atom stereocenters. The molecule has 1 aromatic rings. The van der Waals surface area contributed by atoms with Gasteiger partial charge in [-0.2, -0.15) is 0 Å². The number of aryl methyl sites for hydroxylation is 1. The summed E-state index contributed by atoms with van der Waals surface area (Å²) in [5.74, 6) is 1.79. The van der Waals surface area contributed by atoms with Gasteiger partial charge in [0.1, 0.15) is 5.82 Å². The highest BCUT2D eigenvalue weighted by Crippen LogP contribution is 2.41. The van der Waals surface area contributed by atoms with Gasteiger partial charge in [-0.15, -0.1) is 0 Å². The largest absolute Gasteiger partial charge is 0.378 e. The van der Waals surface area contributed by atoms with Crippen LogP contribution in [0.25, 0.3) is 0 Å². The van der Waals surface area contributed by atoms with Gasteiger partial charge in [-0.25, -0.2) is 4.98 Å². The Morgan fingerprint density at radius 3 is 2.94 bits per heavy atom. The Bertz CT molecular complexity index is 364. The molecule has 0 bridgehead atoms. The lowest BCUT2D eigenvalue weighted by Crippen LogP contribution is -2.35. The van der Waals surface area contributed by atoms with Crippen LogP contribution in [-0.2, 0) is 11.2 Å². The molecule has 2 aliphatic rings. The number of H-pyrrole nitrogens is 1. The summed E-state index contributed by atoms with van der Waals surface area (Å²) in [6.45, 7) is 4.66. The number of aromatic amines is 1. The number of ether oxygens (including phenoxy) is 1. The zero-order chi connectivity index (χ0) is 11.0.